The van der Waals surface area contributed by atoms with E-state index in [0.717, 1.165) is 0 Å². The number of nitrogens with zero attached hydrogens (tertiary/aromatic N) is 2. The van der Waals surface area contributed by atoms with Gasteiger partial charge < -0.3 is 9.67 Å². The van der Waals surface area contributed by atoms with Crippen molar-refractivity contribution in [3.8, 4) is 0 Å². The van der Waals surface area contributed by atoms with Gasteiger partial charge in [0.1, 0.15) is 0 Å². The number of carbonyl (C=O) groups is 1. The molecule has 0 aliphatic rings. The Morgan fingerprint density at radius 2 is 2.19 bits per heavy atom. The molecule has 0 radical (unpaired) electrons. The summed E-state index contributed by atoms with van der Waals surface area (Å²) in [5.74, 6) is 0.0763. The normalized spacial score (nSPS) is 12.1. The fourth-order valence-electron chi connectivity index (χ4n) is 1.72. The van der Waals surface area contributed by atoms with E-state index in [-0.39, 0.29) is 5.78 Å². The molecule has 0 unspecified atom stereocenters. The zero-order chi connectivity index (χ0) is 12.3. The molecule has 0 fully saturated rings. The standard InChI is InChI=1S/C12H20N2O2/c1-12(2,16)9-14(4)8-11(15)10-5-6-13(3)7-10/h5-7,16H,8-9H2,1-4H3. The summed E-state index contributed by atoms with van der Waals surface area (Å²) in [5, 5.41) is 9.62. The molecule has 16 heavy (non-hydrogen) atoms. The minimum atomic E-state index is -0.772. The second-order valence-corrected chi connectivity index (χ2v) is 4.97. The average molecular weight is 224 g/mol. The molecule has 0 amide bonds. The third kappa shape index (κ3) is 4.16. The van der Waals surface area contributed by atoms with E-state index in [2.05, 4.69) is 0 Å². The third-order valence-corrected chi connectivity index (χ3v) is 2.22. The van der Waals surface area contributed by atoms with Crippen LogP contribution in [-0.2, 0) is 7.05 Å². The second kappa shape index (κ2) is 4.80. The van der Waals surface area contributed by atoms with Crippen LogP contribution in [0.3, 0.4) is 0 Å². The van der Waals surface area contributed by atoms with Crippen molar-refractivity contribution >= 4 is 5.78 Å². The van der Waals surface area contributed by atoms with Crippen LogP contribution in [0.2, 0.25) is 0 Å². The van der Waals surface area contributed by atoms with Crippen molar-refractivity contribution < 1.29 is 9.90 Å². The minimum absolute atomic E-state index is 0.0763. The molecule has 0 aliphatic carbocycles. The van der Waals surface area contributed by atoms with Gasteiger partial charge in [-0.3, -0.25) is 9.69 Å². The number of ketones is 1. The Balaban J connectivity index is 2.52. The Morgan fingerprint density at radius 3 is 2.62 bits per heavy atom. The molecular weight excluding hydrogens is 204 g/mol. The van der Waals surface area contributed by atoms with Crippen molar-refractivity contribution in [2.45, 2.75) is 19.4 Å². The van der Waals surface area contributed by atoms with Gasteiger partial charge in [-0.15, -0.1) is 0 Å². The highest BCUT2D eigenvalue weighted by atomic mass is 16.3. The summed E-state index contributed by atoms with van der Waals surface area (Å²) in [6.45, 7) is 4.27. The number of aromatic nitrogens is 1. The molecule has 4 nitrogen and oxygen atoms in total. The van der Waals surface area contributed by atoms with Crippen LogP contribution in [0.1, 0.15) is 24.2 Å². The highest BCUT2D eigenvalue weighted by Gasteiger charge is 2.18. The van der Waals surface area contributed by atoms with Crippen LogP contribution >= 0.6 is 0 Å². The zero-order valence-electron chi connectivity index (χ0n) is 10.4. The summed E-state index contributed by atoms with van der Waals surface area (Å²) in [6, 6.07) is 1.81. The summed E-state index contributed by atoms with van der Waals surface area (Å²) < 4.78 is 1.85. The van der Waals surface area contributed by atoms with E-state index in [0.29, 0.717) is 18.7 Å². The van der Waals surface area contributed by atoms with E-state index in [1.165, 1.54) is 0 Å². The zero-order valence-corrected chi connectivity index (χ0v) is 10.4. The summed E-state index contributed by atoms with van der Waals surface area (Å²) in [6.07, 6.45) is 3.66. The Kier molecular flexibility index (Phi) is 3.88. The van der Waals surface area contributed by atoms with Gasteiger partial charge in [-0.05, 0) is 27.0 Å². The lowest BCUT2D eigenvalue weighted by Crippen LogP contribution is -2.38. The van der Waals surface area contributed by atoms with E-state index < -0.39 is 5.60 Å². The maximum Gasteiger partial charge on any atom is 0.178 e. The summed E-state index contributed by atoms with van der Waals surface area (Å²) in [5.41, 5.74) is -0.0591. The van der Waals surface area contributed by atoms with Gasteiger partial charge >= 0.3 is 0 Å². The fourth-order valence-corrected chi connectivity index (χ4v) is 1.72. The van der Waals surface area contributed by atoms with E-state index >= 15 is 0 Å². The van der Waals surface area contributed by atoms with Crippen molar-refractivity contribution in [2.75, 3.05) is 20.1 Å². The molecule has 1 rings (SSSR count). The van der Waals surface area contributed by atoms with Crippen LogP contribution in [0, 0.1) is 0 Å². The molecule has 0 saturated carbocycles. The topological polar surface area (TPSA) is 45.5 Å². The van der Waals surface area contributed by atoms with E-state index in [1.54, 1.807) is 26.1 Å². The van der Waals surface area contributed by atoms with Gasteiger partial charge in [0.05, 0.1) is 12.1 Å². The first-order valence-electron chi connectivity index (χ1n) is 5.34. The smallest absolute Gasteiger partial charge is 0.178 e. The number of Topliss-reactive ketones (excluding diaryl/α,β-unsaturated/α-hetero) is 1. The number of hydrogen-bond acceptors (Lipinski definition) is 3. The first kappa shape index (κ1) is 12.9. The average Bonchev–Trinajstić information content (AvgIpc) is 2.47. The van der Waals surface area contributed by atoms with Gasteiger partial charge in [0.25, 0.3) is 0 Å². The van der Waals surface area contributed by atoms with Crippen LogP contribution < -0.4 is 0 Å². The van der Waals surface area contributed by atoms with E-state index in [4.69, 9.17) is 0 Å². The van der Waals surface area contributed by atoms with Crippen molar-refractivity contribution in [1.82, 2.24) is 9.47 Å². The highest BCUT2D eigenvalue weighted by molar-refractivity contribution is 5.97. The minimum Gasteiger partial charge on any atom is -0.389 e. The first-order chi connectivity index (χ1) is 7.28. The summed E-state index contributed by atoms with van der Waals surface area (Å²) in [7, 11) is 3.72. The monoisotopic (exact) mass is 224 g/mol. The van der Waals surface area contributed by atoms with Gasteiger partial charge in [-0.2, -0.15) is 0 Å². The van der Waals surface area contributed by atoms with Crippen LogP contribution in [0.5, 0.6) is 0 Å². The molecular formula is C12H20N2O2. The quantitative estimate of drug-likeness (QED) is 0.756. The fraction of sp³-hybridized carbons (Fsp3) is 0.583. The first-order valence-corrected chi connectivity index (χ1v) is 5.34. The van der Waals surface area contributed by atoms with Gasteiger partial charge in [0.2, 0.25) is 0 Å². The molecule has 1 heterocycles. The number of carbonyl (C=O) groups excluding carboxylic acids is 1. The predicted octanol–water partition coefficient (Wildman–Crippen LogP) is 0.911. The lowest BCUT2D eigenvalue weighted by Gasteiger charge is -2.24. The molecule has 90 valence electrons. The van der Waals surface area contributed by atoms with E-state index in [1.807, 2.05) is 29.8 Å². The van der Waals surface area contributed by atoms with Gasteiger partial charge in [0.15, 0.2) is 5.78 Å². The van der Waals surface area contributed by atoms with Gasteiger partial charge in [0, 0.05) is 31.5 Å². The lowest BCUT2D eigenvalue weighted by molar-refractivity contribution is 0.0439. The van der Waals surface area contributed by atoms with E-state index in [9.17, 15) is 9.90 Å². The number of aryl methyl sites for hydroxylation is 1. The third-order valence-electron chi connectivity index (χ3n) is 2.22. The van der Waals surface area contributed by atoms with Gasteiger partial charge in [-0.25, -0.2) is 0 Å². The maximum absolute atomic E-state index is 11.8. The Hall–Kier alpha value is -1.13. The molecule has 0 bridgehead atoms. The molecule has 0 aromatic carbocycles. The largest absolute Gasteiger partial charge is 0.389 e. The molecule has 0 aliphatic heterocycles. The van der Waals surface area contributed by atoms with Crippen molar-refractivity contribution in [2.24, 2.45) is 7.05 Å². The molecule has 1 aromatic heterocycles. The molecule has 0 spiro atoms. The molecule has 0 atom stereocenters. The summed E-state index contributed by atoms with van der Waals surface area (Å²) in [4.78, 5) is 13.6. The second-order valence-electron chi connectivity index (χ2n) is 4.97. The van der Waals surface area contributed by atoms with Crippen LogP contribution in [0.4, 0.5) is 0 Å². The van der Waals surface area contributed by atoms with Crippen molar-refractivity contribution in [3.05, 3.63) is 24.0 Å². The number of aliphatic hydroxyl groups is 1. The SMILES string of the molecule is CN(CC(=O)c1ccn(C)c1)CC(C)(C)O. The Bertz CT molecular complexity index is 363. The van der Waals surface area contributed by atoms with Crippen LogP contribution in [-0.4, -0.2) is 46.1 Å². The van der Waals surface area contributed by atoms with Crippen LogP contribution in [0.15, 0.2) is 18.5 Å². The lowest BCUT2D eigenvalue weighted by atomic mass is 10.1. The summed E-state index contributed by atoms with van der Waals surface area (Å²) >= 11 is 0. The van der Waals surface area contributed by atoms with Gasteiger partial charge in [-0.1, -0.05) is 0 Å². The molecule has 0 saturated heterocycles. The number of hydrogen-bond donors (Lipinski definition) is 1. The Morgan fingerprint density at radius 1 is 1.56 bits per heavy atom. The maximum atomic E-state index is 11.8. The molecule has 1 N–H and O–H groups in total. The van der Waals surface area contributed by atoms with Crippen molar-refractivity contribution in [3.63, 3.8) is 0 Å². The highest BCUT2D eigenvalue weighted by Crippen LogP contribution is 2.06. The number of rotatable bonds is 5. The Labute approximate surface area is 96.5 Å². The van der Waals surface area contributed by atoms with Crippen molar-refractivity contribution in [1.29, 1.82) is 0 Å². The molecule has 1 aromatic rings. The molecule has 4 heteroatoms. The number of likely N-dealkylation sites (N-methyl/N-ethyl adjacent to an activating group) is 1. The van der Waals surface area contributed by atoms with Crippen LogP contribution in [0.25, 0.3) is 0 Å². The predicted molar refractivity (Wildman–Crippen MR) is 63.5 cm³/mol.